The van der Waals surface area contributed by atoms with E-state index in [4.69, 9.17) is 9.47 Å². The highest BCUT2D eigenvalue weighted by Crippen LogP contribution is 2.24. The molecule has 0 aromatic rings. The summed E-state index contributed by atoms with van der Waals surface area (Å²) in [4.78, 5) is 13.2. The summed E-state index contributed by atoms with van der Waals surface area (Å²) in [7, 11) is 0. The highest BCUT2D eigenvalue weighted by molar-refractivity contribution is 5.80. The Hall–Kier alpha value is -1.93. The van der Waals surface area contributed by atoms with Crippen molar-refractivity contribution < 1.29 is 50.0 Å². The highest BCUT2D eigenvalue weighted by atomic mass is 16.7. The van der Waals surface area contributed by atoms with Crippen LogP contribution in [0.1, 0.15) is 328 Å². The molecule has 82 heavy (non-hydrogen) atoms. The van der Waals surface area contributed by atoms with Crippen LogP contribution in [0.15, 0.2) is 48.6 Å². The van der Waals surface area contributed by atoms with Crippen LogP contribution < -0.4 is 5.32 Å². The van der Waals surface area contributed by atoms with E-state index in [1.807, 2.05) is 0 Å². The summed E-state index contributed by atoms with van der Waals surface area (Å²) in [5.74, 6) is -0.709. The number of aliphatic hydroxyl groups excluding tert-OH is 7. The fourth-order valence-corrected chi connectivity index (χ4v) is 11.2. The van der Waals surface area contributed by atoms with Gasteiger partial charge in [0.2, 0.25) is 5.91 Å². The monoisotopic (exact) mass is 1160 g/mol. The maximum Gasteiger partial charge on any atom is 0.249 e. The third-order valence-corrected chi connectivity index (χ3v) is 16.8. The van der Waals surface area contributed by atoms with E-state index < -0.39 is 74.2 Å². The number of ether oxygens (including phenoxy) is 2. The molecule has 1 rings (SSSR count). The third-order valence-electron chi connectivity index (χ3n) is 16.8. The first kappa shape index (κ1) is 78.1. The number of rotatable bonds is 61. The fraction of sp³-hybridized carbons (Fsp3) is 0.873. The Balaban J connectivity index is 2.24. The molecule has 0 spiro atoms. The van der Waals surface area contributed by atoms with Crippen molar-refractivity contribution in [2.45, 2.75) is 384 Å². The van der Waals surface area contributed by atoms with Crippen molar-refractivity contribution in [1.82, 2.24) is 5.32 Å². The quantitative estimate of drug-likeness (QED) is 0.0215. The number of carbonyl (C=O) groups excluding carboxylic acids is 1. The van der Waals surface area contributed by atoms with Crippen molar-refractivity contribution in [3.8, 4) is 0 Å². The van der Waals surface area contributed by atoms with Gasteiger partial charge in [-0.15, -0.1) is 0 Å². The lowest BCUT2D eigenvalue weighted by Crippen LogP contribution is -2.60. The number of carbonyl (C=O) groups is 1. The van der Waals surface area contributed by atoms with E-state index in [1.165, 1.54) is 238 Å². The molecule has 1 aliphatic heterocycles. The van der Waals surface area contributed by atoms with Gasteiger partial charge < -0.3 is 50.5 Å². The average Bonchev–Trinajstić information content (AvgIpc) is 3.50. The van der Waals surface area contributed by atoms with Gasteiger partial charge in [-0.05, 0) is 89.9 Å². The molecule has 0 aliphatic carbocycles. The molecule has 482 valence electrons. The molecule has 0 saturated carbocycles. The topological polar surface area (TPSA) is 189 Å². The van der Waals surface area contributed by atoms with E-state index >= 15 is 0 Å². The van der Waals surface area contributed by atoms with Gasteiger partial charge in [0.1, 0.15) is 36.6 Å². The fourth-order valence-electron chi connectivity index (χ4n) is 11.2. The molecule has 1 fully saturated rings. The van der Waals surface area contributed by atoms with E-state index in [0.717, 1.165) is 44.9 Å². The van der Waals surface area contributed by atoms with Crippen LogP contribution >= 0.6 is 0 Å². The van der Waals surface area contributed by atoms with Gasteiger partial charge in [-0.3, -0.25) is 4.79 Å². The lowest BCUT2D eigenvalue weighted by molar-refractivity contribution is -0.303. The molecule has 1 amide bonds. The molecule has 0 aromatic carbocycles. The second-order valence-corrected chi connectivity index (χ2v) is 24.6. The molecule has 0 aromatic heterocycles. The number of hydrogen-bond acceptors (Lipinski definition) is 10. The summed E-state index contributed by atoms with van der Waals surface area (Å²) >= 11 is 0. The molecule has 1 heterocycles. The zero-order valence-corrected chi connectivity index (χ0v) is 53.2. The lowest BCUT2D eigenvalue weighted by atomic mass is 9.98. The highest BCUT2D eigenvalue weighted by Gasteiger charge is 2.44. The van der Waals surface area contributed by atoms with Crippen molar-refractivity contribution in [2.24, 2.45) is 0 Å². The Morgan fingerprint density at radius 1 is 0.415 bits per heavy atom. The zero-order chi connectivity index (χ0) is 59.6. The van der Waals surface area contributed by atoms with Gasteiger partial charge in [-0.25, -0.2) is 0 Å². The zero-order valence-electron chi connectivity index (χ0n) is 53.2. The molecular weight excluding hydrogens is 1030 g/mol. The van der Waals surface area contributed by atoms with E-state index in [-0.39, 0.29) is 12.8 Å². The van der Waals surface area contributed by atoms with Gasteiger partial charge >= 0.3 is 0 Å². The van der Waals surface area contributed by atoms with E-state index in [9.17, 15) is 40.5 Å². The molecule has 9 atom stereocenters. The normalized spacial score (nSPS) is 19.4. The number of hydrogen-bond donors (Lipinski definition) is 8. The first-order chi connectivity index (χ1) is 40.2. The first-order valence-electron chi connectivity index (χ1n) is 35.0. The number of unbranched alkanes of at least 4 members (excludes halogenated alkanes) is 41. The molecule has 8 N–H and O–H groups in total. The minimum absolute atomic E-state index is 0.241. The van der Waals surface area contributed by atoms with Crippen LogP contribution in [0.25, 0.3) is 0 Å². The van der Waals surface area contributed by atoms with Crippen LogP contribution in [0, 0.1) is 0 Å². The predicted octanol–water partition coefficient (Wildman–Crippen LogP) is 16.7. The molecule has 11 heteroatoms. The van der Waals surface area contributed by atoms with Gasteiger partial charge in [0.05, 0.1) is 25.4 Å². The second-order valence-electron chi connectivity index (χ2n) is 24.6. The summed E-state index contributed by atoms with van der Waals surface area (Å²) < 4.78 is 11.2. The minimum atomic E-state index is -1.67. The van der Waals surface area contributed by atoms with Gasteiger partial charge in [0.15, 0.2) is 6.29 Å². The number of nitrogens with one attached hydrogen (secondary N) is 1. The van der Waals surface area contributed by atoms with Crippen molar-refractivity contribution in [2.75, 3.05) is 13.2 Å². The van der Waals surface area contributed by atoms with E-state index in [0.29, 0.717) is 19.3 Å². The summed E-state index contributed by atoms with van der Waals surface area (Å²) in [5, 5.41) is 76.4. The summed E-state index contributed by atoms with van der Waals surface area (Å²) in [5.41, 5.74) is 0. The maximum absolute atomic E-state index is 13.2. The SMILES string of the molecule is CCCCCCCCCCCCCC/C=C\CCCCCCCCCCCCCCCCC(O)C(=O)NC(COC1OC(CO)C(O)C(O)C1O)C(O)C(O)CCC/C=C/CC/C=C/CC/C=C/CCCCCCCCCCCCCC. The largest absolute Gasteiger partial charge is 0.394 e. The van der Waals surface area contributed by atoms with Crippen molar-refractivity contribution in [3.05, 3.63) is 48.6 Å². The number of amides is 1. The second kappa shape index (κ2) is 59.4. The van der Waals surface area contributed by atoms with Crippen LogP contribution in [0.4, 0.5) is 0 Å². The van der Waals surface area contributed by atoms with Gasteiger partial charge in [0.25, 0.3) is 0 Å². The van der Waals surface area contributed by atoms with Gasteiger partial charge in [0, 0.05) is 0 Å². The van der Waals surface area contributed by atoms with Crippen molar-refractivity contribution in [3.63, 3.8) is 0 Å². The average molecular weight is 1160 g/mol. The van der Waals surface area contributed by atoms with Crippen LogP contribution in [-0.2, 0) is 14.3 Å². The standard InChI is InChI=1S/C71H133NO10/c1-3-5-7-9-11-13-15-17-19-21-23-25-27-29-30-31-32-33-35-37-39-41-43-45-47-49-51-53-55-57-59-64(75)70(80)72-62(61-81-71-69(79)68(78)67(77)65(60-73)82-71)66(76)63(74)58-56-54-52-50-48-46-44-42-40-38-36-34-28-26-24-22-20-18-16-14-12-10-8-6-4-2/h29-30,34,36,42,44,50,52,62-69,71,73-79H,3-28,31-33,35,37-41,43,45-49,51,53-61H2,1-2H3,(H,72,80)/b30-29-,36-34+,44-42+,52-50+. The molecular formula is C71H133NO10. The summed E-state index contributed by atoms with van der Waals surface area (Å²) in [6.45, 7) is 3.48. The Kier molecular flexibility index (Phi) is 56.6. The molecule has 1 aliphatic rings. The molecule has 9 unspecified atom stereocenters. The first-order valence-corrected chi connectivity index (χ1v) is 35.0. The Morgan fingerprint density at radius 2 is 0.732 bits per heavy atom. The third kappa shape index (κ3) is 46.3. The minimum Gasteiger partial charge on any atom is -0.394 e. The molecule has 11 nitrogen and oxygen atoms in total. The number of allylic oxidation sites excluding steroid dienone is 8. The lowest BCUT2D eigenvalue weighted by Gasteiger charge is -2.40. The van der Waals surface area contributed by atoms with E-state index in [2.05, 4.69) is 67.8 Å². The Bertz CT molecular complexity index is 1470. The van der Waals surface area contributed by atoms with Crippen molar-refractivity contribution in [1.29, 1.82) is 0 Å². The van der Waals surface area contributed by atoms with E-state index in [1.54, 1.807) is 0 Å². The smallest absolute Gasteiger partial charge is 0.249 e. The Morgan fingerprint density at radius 3 is 1.09 bits per heavy atom. The van der Waals surface area contributed by atoms with Crippen molar-refractivity contribution >= 4 is 5.91 Å². The predicted molar refractivity (Wildman–Crippen MR) is 344 cm³/mol. The molecule has 1 saturated heterocycles. The van der Waals surface area contributed by atoms with Crippen LogP contribution in [0.3, 0.4) is 0 Å². The summed E-state index contributed by atoms with van der Waals surface area (Å²) in [6.07, 6.45) is 66.2. The molecule has 0 radical (unpaired) electrons. The maximum atomic E-state index is 13.2. The van der Waals surface area contributed by atoms with Gasteiger partial charge in [-0.1, -0.05) is 287 Å². The van der Waals surface area contributed by atoms with Gasteiger partial charge in [-0.2, -0.15) is 0 Å². The van der Waals surface area contributed by atoms with Crippen LogP contribution in [-0.4, -0.2) is 110 Å². The number of aliphatic hydroxyl groups is 7. The Labute approximate surface area is 504 Å². The summed E-state index contributed by atoms with van der Waals surface area (Å²) in [6, 6.07) is -1.20. The molecule has 0 bridgehead atoms. The van der Waals surface area contributed by atoms with Crippen LogP contribution in [0.5, 0.6) is 0 Å². The van der Waals surface area contributed by atoms with Crippen LogP contribution in [0.2, 0.25) is 0 Å².